The molecular weight excluding hydrogens is 185 g/mol. The van der Waals surface area contributed by atoms with E-state index in [1.54, 1.807) is 6.07 Å². The summed E-state index contributed by atoms with van der Waals surface area (Å²) in [5, 5.41) is 10.8. The third kappa shape index (κ3) is 1.84. The fraction of sp³-hybridized carbons (Fsp3) is 0.300. The molecule has 1 fully saturated rings. The Balaban J connectivity index is 2.02. The number of hydrogen-bond donors (Lipinski definition) is 2. The summed E-state index contributed by atoms with van der Waals surface area (Å²) in [6.45, 7) is 0. The summed E-state index contributed by atoms with van der Waals surface area (Å²) in [5.74, 6) is -0.134. The molecule has 1 aromatic rings. The van der Waals surface area contributed by atoms with Gasteiger partial charge in [0, 0.05) is 12.0 Å². The van der Waals surface area contributed by atoms with Crippen molar-refractivity contribution in [2.24, 2.45) is 0 Å². The van der Waals surface area contributed by atoms with Gasteiger partial charge in [0.05, 0.1) is 0 Å². The number of carbonyl (C=O) groups is 1. The summed E-state index contributed by atoms with van der Waals surface area (Å²) >= 11 is 0. The Labute approximate surface area is 80.6 Å². The van der Waals surface area contributed by atoms with Crippen LogP contribution in [0.2, 0.25) is 0 Å². The van der Waals surface area contributed by atoms with E-state index >= 15 is 0 Å². The van der Waals surface area contributed by atoms with Gasteiger partial charge in [0.1, 0.15) is 5.82 Å². The summed E-state index contributed by atoms with van der Waals surface area (Å²) in [6, 6.07) is 6.24. The molecule has 0 heterocycles. The first-order valence-corrected chi connectivity index (χ1v) is 4.42. The Bertz CT molecular complexity index is 367. The summed E-state index contributed by atoms with van der Waals surface area (Å²) < 4.78 is 12.8. The van der Waals surface area contributed by atoms with E-state index in [1.165, 1.54) is 12.1 Å². The van der Waals surface area contributed by atoms with Crippen LogP contribution in [0.4, 0.5) is 9.18 Å². The average Bonchev–Trinajstić information content (AvgIpc) is 2.82. The van der Waals surface area contributed by atoms with Gasteiger partial charge >= 0.3 is 6.09 Å². The second-order valence-electron chi connectivity index (χ2n) is 3.45. The van der Waals surface area contributed by atoms with Crippen molar-refractivity contribution in [1.82, 2.24) is 5.32 Å². The quantitative estimate of drug-likeness (QED) is 0.757. The van der Waals surface area contributed by atoms with Crippen LogP contribution in [-0.2, 0) is 0 Å². The number of carboxylic acid groups (broad SMARTS) is 1. The van der Waals surface area contributed by atoms with Crippen LogP contribution < -0.4 is 5.32 Å². The molecule has 3 nitrogen and oxygen atoms in total. The molecule has 1 aromatic carbocycles. The van der Waals surface area contributed by atoms with Crippen LogP contribution in [0.25, 0.3) is 0 Å². The molecule has 0 radical (unpaired) electrons. The Hall–Kier alpha value is -1.58. The molecule has 14 heavy (non-hydrogen) atoms. The summed E-state index contributed by atoms with van der Waals surface area (Å²) in [7, 11) is 0. The molecule has 2 N–H and O–H groups in total. The number of amides is 1. The highest BCUT2D eigenvalue weighted by Crippen LogP contribution is 2.40. The van der Waals surface area contributed by atoms with Crippen LogP contribution in [0, 0.1) is 5.82 Å². The Kier molecular flexibility index (Phi) is 2.11. The van der Waals surface area contributed by atoms with Gasteiger partial charge in [-0.2, -0.15) is 0 Å². The second-order valence-corrected chi connectivity index (χ2v) is 3.45. The zero-order valence-electron chi connectivity index (χ0n) is 7.40. The highest BCUT2D eigenvalue weighted by atomic mass is 19.1. The number of halogens is 1. The molecule has 2 unspecified atom stereocenters. The van der Waals surface area contributed by atoms with E-state index in [9.17, 15) is 9.18 Å². The van der Waals surface area contributed by atoms with E-state index in [1.807, 2.05) is 6.07 Å². The van der Waals surface area contributed by atoms with Crippen molar-refractivity contribution < 1.29 is 14.3 Å². The molecule has 1 aliphatic rings. The minimum absolute atomic E-state index is 0.0469. The van der Waals surface area contributed by atoms with Gasteiger partial charge in [0.15, 0.2) is 0 Å². The monoisotopic (exact) mass is 195 g/mol. The maximum atomic E-state index is 12.8. The van der Waals surface area contributed by atoms with Crippen LogP contribution in [0.5, 0.6) is 0 Å². The molecule has 1 aliphatic carbocycles. The fourth-order valence-electron chi connectivity index (χ4n) is 1.62. The lowest BCUT2D eigenvalue weighted by Gasteiger charge is -2.00. The molecule has 2 rings (SSSR count). The Morgan fingerprint density at radius 3 is 3.00 bits per heavy atom. The van der Waals surface area contributed by atoms with Crippen LogP contribution in [0.3, 0.4) is 0 Å². The maximum absolute atomic E-state index is 12.8. The lowest BCUT2D eigenvalue weighted by atomic mass is 10.1. The van der Waals surface area contributed by atoms with Crippen molar-refractivity contribution in [2.45, 2.75) is 18.4 Å². The second kappa shape index (κ2) is 3.29. The topological polar surface area (TPSA) is 49.3 Å². The van der Waals surface area contributed by atoms with E-state index in [0.717, 1.165) is 12.0 Å². The molecule has 0 aliphatic heterocycles. The van der Waals surface area contributed by atoms with Crippen LogP contribution in [-0.4, -0.2) is 17.2 Å². The first-order valence-electron chi connectivity index (χ1n) is 4.42. The summed E-state index contributed by atoms with van der Waals surface area (Å²) in [6.07, 6.45) is -0.260. The highest BCUT2D eigenvalue weighted by molar-refractivity contribution is 5.65. The zero-order chi connectivity index (χ0) is 10.1. The standard InChI is InChI=1S/C10H10FNO2/c11-7-3-1-2-6(4-7)8-5-9(8)12-10(13)14/h1-4,8-9,12H,5H2,(H,13,14). The smallest absolute Gasteiger partial charge is 0.404 e. The minimum Gasteiger partial charge on any atom is -0.465 e. The number of nitrogens with one attached hydrogen (secondary N) is 1. The molecule has 1 amide bonds. The average molecular weight is 195 g/mol. The van der Waals surface area contributed by atoms with Crippen molar-refractivity contribution >= 4 is 6.09 Å². The van der Waals surface area contributed by atoms with Gasteiger partial charge in [-0.15, -0.1) is 0 Å². The van der Waals surface area contributed by atoms with Crippen molar-refractivity contribution in [1.29, 1.82) is 0 Å². The van der Waals surface area contributed by atoms with E-state index in [-0.39, 0.29) is 17.8 Å². The highest BCUT2D eigenvalue weighted by Gasteiger charge is 2.39. The van der Waals surface area contributed by atoms with Gasteiger partial charge in [-0.25, -0.2) is 9.18 Å². The SMILES string of the molecule is O=C(O)NC1CC1c1cccc(F)c1. The van der Waals surface area contributed by atoms with E-state index < -0.39 is 6.09 Å². The fourth-order valence-corrected chi connectivity index (χ4v) is 1.62. The molecule has 1 saturated carbocycles. The maximum Gasteiger partial charge on any atom is 0.404 e. The predicted octanol–water partition coefficient (Wildman–Crippen LogP) is 1.95. The van der Waals surface area contributed by atoms with Gasteiger partial charge in [-0.1, -0.05) is 12.1 Å². The third-order valence-corrected chi connectivity index (χ3v) is 2.38. The molecular formula is C10H10FNO2. The van der Waals surface area contributed by atoms with Gasteiger partial charge in [0.2, 0.25) is 0 Å². The Morgan fingerprint density at radius 2 is 2.36 bits per heavy atom. The van der Waals surface area contributed by atoms with Crippen LogP contribution >= 0.6 is 0 Å². The van der Waals surface area contributed by atoms with E-state index in [0.29, 0.717) is 0 Å². The molecule has 0 bridgehead atoms. The van der Waals surface area contributed by atoms with Gasteiger partial charge in [-0.05, 0) is 24.1 Å². The lowest BCUT2D eigenvalue weighted by Crippen LogP contribution is -2.24. The molecule has 74 valence electrons. The molecule has 2 atom stereocenters. The van der Waals surface area contributed by atoms with Crippen molar-refractivity contribution in [3.05, 3.63) is 35.6 Å². The summed E-state index contributed by atoms with van der Waals surface area (Å²) in [4.78, 5) is 10.3. The predicted molar refractivity (Wildman–Crippen MR) is 48.7 cm³/mol. The molecule has 4 heteroatoms. The number of rotatable bonds is 2. The van der Waals surface area contributed by atoms with E-state index in [2.05, 4.69) is 5.32 Å². The van der Waals surface area contributed by atoms with E-state index in [4.69, 9.17) is 5.11 Å². The summed E-state index contributed by atoms with van der Waals surface area (Å²) in [5.41, 5.74) is 0.865. The van der Waals surface area contributed by atoms with Crippen LogP contribution in [0.1, 0.15) is 17.9 Å². The first-order chi connectivity index (χ1) is 6.66. The van der Waals surface area contributed by atoms with Gasteiger partial charge in [0.25, 0.3) is 0 Å². The third-order valence-electron chi connectivity index (χ3n) is 2.38. The molecule has 0 aromatic heterocycles. The first kappa shape index (κ1) is 8.99. The largest absolute Gasteiger partial charge is 0.465 e. The Morgan fingerprint density at radius 1 is 1.57 bits per heavy atom. The number of hydrogen-bond acceptors (Lipinski definition) is 1. The number of benzene rings is 1. The minimum atomic E-state index is -1.02. The zero-order valence-corrected chi connectivity index (χ0v) is 7.40. The van der Waals surface area contributed by atoms with Gasteiger partial charge in [-0.3, -0.25) is 0 Å². The van der Waals surface area contributed by atoms with Crippen LogP contribution in [0.15, 0.2) is 24.3 Å². The lowest BCUT2D eigenvalue weighted by molar-refractivity contribution is 0.193. The van der Waals surface area contributed by atoms with Crippen molar-refractivity contribution in [3.8, 4) is 0 Å². The van der Waals surface area contributed by atoms with Crippen molar-refractivity contribution in [3.63, 3.8) is 0 Å². The normalized spacial score (nSPS) is 24.4. The molecule has 0 spiro atoms. The van der Waals surface area contributed by atoms with Gasteiger partial charge < -0.3 is 10.4 Å². The van der Waals surface area contributed by atoms with Crippen molar-refractivity contribution in [2.75, 3.05) is 0 Å². The molecule has 0 saturated heterocycles.